The van der Waals surface area contributed by atoms with E-state index in [0.29, 0.717) is 0 Å². The molecule has 3 aliphatic heterocycles. The second kappa shape index (κ2) is 5.63. The second-order valence-electron chi connectivity index (χ2n) is 5.95. The van der Waals surface area contributed by atoms with Crippen molar-refractivity contribution in [1.82, 2.24) is 10.2 Å². The van der Waals surface area contributed by atoms with Crippen molar-refractivity contribution in [2.75, 3.05) is 6.54 Å². The van der Waals surface area contributed by atoms with Gasteiger partial charge in [0, 0.05) is 0 Å². The van der Waals surface area contributed by atoms with Crippen LogP contribution in [0.3, 0.4) is 0 Å². The highest BCUT2D eigenvalue weighted by atomic mass is 32.3. The smallest absolute Gasteiger partial charge is 0.373 e. The number of nitrogens with one attached hydrogen (secondary N) is 1. The van der Waals surface area contributed by atoms with Crippen LogP contribution in [0, 0.1) is 0 Å². The molecule has 1 spiro atoms. The Kier molecular flexibility index (Phi) is 4.01. The predicted molar refractivity (Wildman–Crippen MR) is 81.9 cm³/mol. The summed E-state index contributed by atoms with van der Waals surface area (Å²) in [5, 5.41) is 23.9. The van der Waals surface area contributed by atoms with E-state index >= 15 is 0 Å². The highest BCUT2D eigenvalue weighted by Crippen LogP contribution is 2.46. The maximum atomic E-state index is 11.5. The first-order valence-corrected chi connectivity index (χ1v) is 8.51. The summed E-state index contributed by atoms with van der Waals surface area (Å²) in [5.41, 5.74) is 9.50. The van der Waals surface area contributed by atoms with Crippen molar-refractivity contribution in [2.24, 2.45) is 27.3 Å². The lowest BCUT2D eigenvalue weighted by molar-refractivity contribution is -0.252. The van der Waals surface area contributed by atoms with Crippen LogP contribution in [0.5, 0.6) is 0 Å². The molecular formula is C10H17N7O8S. The van der Waals surface area contributed by atoms with E-state index in [0.717, 1.165) is 4.90 Å². The van der Waals surface area contributed by atoms with E-state index in [4.69, 9.17) is 21.9 Å². The normalized spacial score (nSPS) is 35.1. The van der Waals surface area contributed by atoms with Crippen LogP contribution in [0.2, 0.25) is 0 Å². The number of hydrogen-bond donors (Lipinski definition) is 7. The SMILES string of the molecule is NOC(=O)C[C@@H]1N=C(N)N2C[C@@H](OS(=O)(=O)O)C(O)(O)C23NC(N)=NC13. The quantitative estimate of drug-likeness (QED) is 0.133. The van der Waals surface area contributed by atoms with Gasteiger partial charge in [-0.2, -0.15) is 14.3 Å². The van der Waals surface area contributed by atoms with Crippen LogP contribution in [-0.2, 0) is 24.2 Å². The van der Waals surface area contributed by atoms with E-state index in [-0.39, 0.29) is 11.9 Å². The molecule has 0 aliphatic carbocycles. The summed E-state index contributed by atoms with van der Waals surface area (Å²) in [5.74, 6) is 0.451. The number of guanidine groups is 2. The fourth-order valence-corrected chi connectivity index (χ4v) is 4.02. The lowest BCUT2D eigenvalue weighted by atomic mass is 9.84. The lowest BCUT2D eigenvalue weighted by Gasteiger charge is -2.48. The van der Waals surface area contributed by atoms with Crippen molar-refractivity contribution < 1.29 is 37.0 Å². The lowest BCUT2D eigenvalue weighted by Crippen LogP contribution is -2.77. The first kappa shape index (κ1) is 18.5. The molecule has 0 bridgehead atoms. The summed E-state index contributed by atoms with van der Waals surface area (Å²) in [4.78, 5) is 24.8. The van der Waals surface area contributed by atoms with E-state index in [1.54, 1.807) is 0 Å². The van der Waals surface area contributed by atoms with Gasteiger partial charge in [0.1, 0.15) is 6.04 Å². The number of carbonyl (C=O) groups is 1. The predicted octanol–water partition coefficient (Wildman–Crippen LogP) is -5.34. The van der Waals surface area contributed by atoms with Gasteiger partial charge in [0.2, 0.25) is 5.79 Å². The first-order valence-electron chi connectivity index (χ1n) is 7.14. The Hall–Kier alpha value is -2.24. The van der Waals surface area contributed by atoms with Crippen LogP contribution < -0.4 is 22.7 Å². The van der Waals surface area contributed by atoms with Crippen LogP contribution in [0.25, 0.3) is 0 Å². The minimum atomic E-state index is -5.04. The molecule has 15 nitrogen and oxygen atoms in total. The molecule has 16 heteroatoms. The van der Waals surface area contributed by atoms with Crippen LogP contribution in [0.1, 0.15) is 6.42 Å². The number of aliphatic hydroxyl groups is 2. The molecule has 0 saturated carbocycles. The van der Waals surface area contributed by atoms with Gasteiger partial charge in [0.15, 0.2) is 23.7 Å². The van der Waals surface area contributed by atoms with Crippen molar-refractivity contribution in [2.45, 2.75) is 36.1 Å². The molecule has 0 aromatic rings. The van der Waals surface area contributed by atoms with Crippen LogP contribution in [0.4, 0.5) is 0 Å². The zero-order valence-electron chi connectivity index (χ0n) is 13.0. The van der Waals surface area contributed by atoms with Crippen molar-refractivity contribution in [3.63, 3.8) is 0 Å². The molecule has 0 amide bonds. The van der Waals surface area contributed by atoms with E-state index in [1.807, 2.05) is 0 Å². The maximum absolute atomic E-state index is 11.5. The molecule has 2 unspecified atom stereocenters. The zero-order chi connectivity index (χ0) is 19.5. The largest absolute Gasteiger partial charge is 0.397 e. The Bertz CT molecular complexity index is 797. The molecule has 1 saturated heterocycles. The number of hydrogen-bond acceptors (Lipinski definition) is 14. The molecule has 26 heavy (non-hydrogen) atoms. The van der Waals surface area contributed by atoms with Gasteiger partial charge in [-0.1, -0.05) is 0 Å². The molecule has 10 N–H and O–H groups in total. The van der Waals surface area contributed by atoms with Crippen molar-refractivity contribution in [3.05, 3.63) is 0 Å². The number of carbonyl (C=O) groups excluding carboxylic acids is 1. The molecule has 0 radical (unpaired) electrons. The second-order valence-corrected chi connectivity index (χ2v) is 7.00. The summed E-state index contributed by atoms with van der Waals surface area (Å²) in [6.45, 7) is -0.498. The van der Waals surface area contributed by atoms with Gasteiger partial charge in [-0.25, -0.2) is 14.2 Å². The van der Waals surface area contributed by atoms with Crippen molar-refractivity contribution >= 4 is 28.3 Å². The topological polar surface area (TPSA) is 248 Å². The minimum Gasteiger partial charge on any atom is -0.373 e. The Balaban J connectivity index is 2.07. The molecule has 4 atom stereocenters. The molecule has 0 aromatic carbocycles. The van der Waals surface area contributed by atoms with Gasteiger partial charge in [0.25, 0.3) is 0 Å². The van der Waals surface area contributed by atoms with Crippen molar-refractivity contribution in [1.29, 1.82) is 0 Å². The number of nitrogens with two attached hydrogens (primary N) is 3. The van der Waals surface area contributed by atoms with E-state index in [1.165, 1.54) is 0 Å². The van der Waals surface area contributed by atoms with Crippen LogP contribution in [0.15, 0.2) is 9.98 Å². The zero-order valence-corrected chi connectivity index (χ0v) is 13.8. The van der Waals surface area contributed by atoms with Gasteiger partial charge in [-0.15, -0.1) is 0 Å². The van der Waals surface area contributed by atoms with Crippen LogP contribution >= 0.6 is 0 Å². The van der Waals surface area contributed by atoms with Gasteiger partial charge in [0.05, 0.1) is 19.0 Å². The summed E-state index contributed by atoms with van der Waals surface area (Å²) in [7, 11) is -5.04. The molecule has 3 heterocycles. The van der Waals surface area contributed by atoms with E-state index in [9.17, 15) is 23.4 Å². The monoisotopic (exact) mass is 395 g/mol. The highest BCUT2D eigenvalue weighted by Gasteiger charge is 2.74. The Morgan fingerprint density at radius 3 is 2.62 bits per heavy atom. The number of aliphatic imine (C=N–C) groups is 2. The average molecular weight is 395 g/mol. The van der Waals surface area contributed by atoms with Crippen LogP contribution in [-0.4, -0.2) is 82.2 Å². The molecular weight excluding hydrogens is 378 g/mol. The van der Waals surface area contributed by atoms with Gasteiger partial charge >= 0.3 is 16.4 Å². The standard InChI is InChI=1S/C10H17N7O8S/c11-7-15-6-3(1-5(18)24-13)14-8(12)17-2-4(25-26(21,22)23)10(19,20)9(6,17)16-7/h3-4,6,19-20H,1-2,13H2,(H2,12,14)(H3,11,15,16)(H,21,22,23)/t3-,4+,6?,9?/m0/s1. The Morgan fingerprint density at radius 2 is 2.04 bits per heavy atom. The fraction of sp³-hybridized carbons (Fsp3) is 0.700. The molecule has 146 valence electrons. The molecule has 3 aliphatic rings. The van der Waals surface area contributed by atoms with E-state index in [2.05, 4.69) is 24.3 Å². The third kappa shape index (κ3) is 2.54. The average Bonchev–Trinajstić information content (AvgIpc) is 2.96. The van der Waals surface area contributed by atoms with Gasteiger partial charge in [-0.05, 0) is 0 Å². The maximum Gasteiger partial charge on any atom is 0.397 e. The summed E-state index contributed by atoms with van der Waals surface area (Å²) in [6, 6.07) is -2.25. The Morgan fingerprint density at radius 1 is 1.38 bits per heavy atom. The number of nitrogens with zero attached hydrogens (tertiary/aromatic N) is 3. The van der Waals surface area contributed by atoms with Crippen molar-refractivity contribution in [3.8, 4) is 0 Å². The number of rotatable bonds is 4. The Labute approximate surface area is 146 Å². The molecule has 3 rings (SSSR count). The molecule has 0 aromatic heterocycles. The van der Waals surface area contributed by atoms with Gasteiger partial charge < -0.3 is 36.7 Å². The highest BCUT2D eigenvalue weighted by molar-refractivity contribution is 7.80. The minimum absolute atomic E-state index is 0.240. The summed E-state index contributed by atoms with van der Waals surface area (Å²) < 4.78 is 35.4. The third-order valence-corrected chi connectivity index (χ3v) is 4.97. The fourth-order valence-electron chi connectivity index (χ4n) is 3.53. The summed E-state index contributed by atoms with van der Waals surface area (Å²) in [6.07, 6.45) is -2.29. The summed E-state index contributed by atoms with van der Waals surface area (Å²) >= 11 is 0. The van der Waals surface area contributed by atoms with E-state index < -0.39 is 59.0 Å². The van der Waals surface area contributed by atoms with Gasteiger partial charge in [-0.3, -0.25) is 9.35 Å². The molecule has 1 fully saturated rings. The third-order valence-electron chi connectivity index (χ3n) is 4.49. The first-order chi connectivity index (χ1) is 11.9.